The second kappa shape index (κ2) is 9.95. The van der Waals surface area contributed by atoms with Crippen LogP contribution in [-0.4, -0.2) is 67.5 Å². The van der Waals surface area contributed by atoms with Gasteiger partial charge in [0.1, 0.15) is 0 Å². The Morgan fingerprint density at radius 3 is 2.57 bits per heavy atom. The SMILES string of the molecule is C/C(=N/OCC(=O)OCC(=O)N(C)CC(=O)NC(C)(C)C)c1ccc2c(c1)OCO2. The van der Waals surface area contributed by atoms with Crippen molar-refractivity contribution in [3.05, 3.63) is 23.8 Å². The number of amides is 2. The first kappa shape index (κ1) is 23.0. The Morgan fingerprint density at radius 2 is 1.87 bits per heavy atom. The van der Waals surface area contributed by atoms with Crippen molar-refractivity contribution in [2.75, 3.05) is 33.6 Å². The monoisotopic (exact) mass is 421 g/mol. The van der Waals surface area contributed by atoms with E-state index in [2.05, 4.69) is 10.5 Å². The lowest BCUT2D eigenvalue weighted by molar-refractivity contribution is -0.155. The van der Waals surface area contributed by atoms with E-state index in [1.165, 1.54) is 11.9 Å². The zero-order valence-corrected chi connectivity index (χ0v) is 17.8. The molecule has 1 aromatic carbocycles. The molecule has 164 valence electrons. The van der Waals surface area contributed by atoms with E-state index in [-0.39, 0.29) is 19.2 Å². The quantitative estimate of drug-likeness (QED) is 0.379. The van der Waals surface area contributed by atoms with Gasteiger partial charge in [-0.3, -0.25) is 9.59 Å². The lowest BCUT2D eigenvalue weighted by Gasteiger charge is -2.23. The van der Waals surface area contributed by atoms with Gasteiger partial charge >= 0.3 is 5.97 Å². The van der Waals surface area contributed by atoms with Crippen molar-refractivity contribution >= 4 is 23.5 Å². The van der Waals surface area contributed by atoms with Gasteiger partial charge in [-0.1, -0.05) is 5.16 Å². The van der Waals surface area contributed by atoms with Gasteiger partial charge in [-0.2, -0.15) is 0 Å². The fourth-order valence-corrected chi connectivity index (χ4v) is 2.41. The van der Waals surface area contributed by atoms with Gasteiger partial charge in [-0.25, -0.2) is 4.79 Å². The van der Waals surface area contributed by atoms with Gasteiger partial charge in [0.15, 0.2) is 18.1 Å². The third kappa shape index (κ3) is 7.26. The zero-order valence-electron chi connectivity index (χ0n) is 17.8. The number of benzene rings is 1. The molecule has 0 aromatic heterocycles. The summed E-state index contributed by atoms with van der Waals surface area (Å²) < 4.78 is 15.4. The van der Waals surface area contributed by atoms with Gasteiger partial charge in [-0.15, -0.1) is 0 Å². The number of hydrogen-bond donors (Lipinski definition) is 1. The van der Waals surface area contributed by atoms with Crippen LogP contribution in [0.2, 0.25) is 0 Å². The third-order valence-corrected chi connectivity index (χ3v) is 3.85. The molecule has 1 N–H and O–H groups in total. The van der Waals surface area contributed by atoms with Crippen molar-refractivity contribution in [1.29, 1.82) is 0 Å². The van der Waals surface area contributed by atoms with Crippen molar-refractivity contribution in [3.63, 3.8) is 0 Å². The maximum absolute atomic E-state index is 12.0. The molecule has 0 saturated heterocycles. The number of hydrogen-bond acceptors (Lipinski definition) is 8. The van der Waals surface area contributed by atoms with Gasteiger partial charge in [0.25, 0.3) is 5.91 Å². The van der Waals surface area contributed by atoms with Gasteiger partial charge in [-0.05, 0) is 45.9 Å². The summed E-state index contributed by atoms with van der Waals surface area (Å²) >= 11 is 0. The molecular weight excluding hydrogens is 394 g/mol. The number of carbonyl (C=O) groups is 3. The zero-order chi connectivity index (χ0) is 22.3. The average Bonchev–Trinajstić information content (AvgIpc) is 3.12. The Labute approximate surface area is 175 Å². The van der Waals surface area contributed by atoms with Gasteiger partial charge in [0.2, 0.25) is 19.3 Å². The Kier molecular flexibility index (Phi) is 7.62. The van der Waals surface area contributed by atoms with Crippen molar-refractivity contribution in [2.45, 2.75) is 33.2 Å². The summed E-state index contributed by atoms with van der Waals surface area (Å²) in [5, 5.41) is 6.61. The standard InChI is InChI=1S/C20H27N3O7/c1-13(14-6-7-15-16(8-14)29-12-28-15)22-30-11-19(26)27-10-18(25)23(5)9-17(24)21-20(2,3)4/h6-8H,9-12H2,1-5H3,(H,21,24)/b22-13-. The highest BCUT2D eigenvalue weighted by Crippen LogP contribution is 2.32. The number of ether oxygens (including phenoxy) is 3. The van der Waals surface area contributed by atoms with Crippen LogP contribution < -0.4 is 14.8 Å². The minimum absolute atomic E-state index is 0.136. The summed E-state index contributed by atoms with van der Waals surface area (Å²) in [6, 6.07) is 5.31. The average molecular weight is 421 g/mol. The molecule has 0 atom stereocenters. The summed E-state index contributed by atoms with van der Waals surface area (Å²) in [5.41, 5.74) is 0.879. The van der Waals surface area contributed by atoms with Crippen molar-refractivity contribution in [3.8, 4) is 11.5 Å². The highest BCUT2D eigenvalue weighted by atomic mass is 16.7. The Balaban J connectivity index is 1.72. The fourth-order valence-electron chi connectivity index (χ4n) is 2.41. The molecule has 1 heterocycles. The summed E-state index contributed by atoms with van der Waals surface area (Å²) in [4.78, 5) is 41.7. The van der Waals surface area contributed by atoms with E-state index in [1.807, 2.05) is 20.8 Å². The number of fused-ring (bicyclic) bond motifs is 1. The van der Waals surface area contributed by atoms with Crippen LogP contribution in [0.25, 0.3) is 0 Å². The second-order valence-electron chi connectivity index (χ2n) is 7.73. The maximum atomic E-state index is 12.0. The van der Waals surface area contributed by atoms with E-state index in [9.17, 15) is 14.4 Å². The summed E-state index contributed by atoms with van der Waals surface area (Å²) in [5.74, 6) is -0.297. The van der Waals surface area contributed by atoms with E-state index in [0.717, 1.165) is 5.56 Å². The summed E-state index contributed by atoms with van der Waals surface area (Å²) in [6.45, 7) is 6.32. The molecule has 1 aliphatic rings. The van der Waals surface area contributed by atoms with Gasteiger partial charge in [0, 0.05) is 18.2 Å². The molecule has 0 fully saturated rings. The van der Waals surface area contributed by atoms with E-state index in [4.69, 9.17) is 19.0 Å². The smallest absolute Gasteiger partial charge is 0.347 e. The van der Waals surface area contributed by atoms with Crippen LogP contribution >= 0.6 is 0 Å². The lowest BCUT2D eigenvalue weighted by Crippen LogP contribution is -2.47. The van der Waals surface area contributed by atoms with Crippen LogP contribution in [-0.2, 0) is 24.0 Å². The first-order valence-electron chi connectivity index (χ1n) is 9.32. The summed E-state index contributed by atoms with van der Waals surface area (Å²) in [6.07, 6.45) is 0. The highest BCUT2D eigenvalue weighted by molar-refractivity contribution is 5.99. The normalized spacial score (nSPS) is 12.9. The summed E-state index contributed by atoms with van der Waals surface area (Å²) in [7, 11) is 1.45. The Hall–Kier alpha value is -3.30. The largest absolute Gasteiger partial charge is 0.454 e. The molecule has 0 aliphatic carbocycles. The van der Waals surface area contributed by atoms with Gasteiger partial charge < -0.3 is 29.3 Å². The van der Waals surface area contributed by atoms with Crippen LogP contribution in [0.1, 0.15) is 33.3 Å². The minimum atomic E-state index is -0.752. The molecule has 0 unspecified atom stereocenters. The molecule has 30 heavy (non-hydrogen) atoms. The maximum Gasteiger partial charge on any atom is 0.347 e. The number of esters is 1. The predicted molar refractivity (Wildman–Crippen MR) is 107 cm³/mol. The van der Waals surface area contributed by atoms with Crippen LogP contribution in [0.15, 0.2) is 23.4 Å². The molecule has 0 radical (unpaired) electrons. The third-order valence-electron chi connectivity index (χ3n) is 3.85. The van der Waals surface area contributed by atoms with Crippen molar-refractivity contribution in [1.82, 2.24) is 10.2 Å². The minimum Gasteiger partial charge on any atom is -0.454 e. The van der Waals surface area contributed by atoms with E-state index in [1.54, 1.807) is 25.1 Å². The van der Waals surface area contributed by atoms with Crippen LogP contribution in [0.5, 0.6) is 11.5 Å². The molecule has 10 nitrogen and oxygen atoms in total. The van der Waals surface area contributed by atoms with Crippen LogP contribution in [0, 0.1) is 0 Å². The van der Waals surface area contributed by atoms with Crippen molar-refractivity contribution in [2.24, 2.45) is 5.16 Å². The predicted octanol–water partition coefficient (Wildman–Crippen LogP) is 1.07. The van der Waals surface area contributed by atoms with Gasteiger partial charge in [0.05, 0.1) is 12.3 Å². The topological polar surface area (TPSA) is 116 Å². The molecule has 2 amide bonds. The molecule has 2 rings (SSSR count). The number of likely N-dealkylation sites (N-methyl/N-ethyl adjacent to an activating group) is 1. The second-order valence-corrected chi connectivity index (χ2v) is 7.73. The molecule has 0 saturated carbocycles. The first-order valence-corrected chi connectivity index (χ1v) is 9.32. The number of oxime groups is 1. The molecular formula is C20H27N3O7. The molecule has 1 aliphatic heterocycles. The molecule has 1 aromatic rings. The van der Waals surface area contributed by atoms with E-state index >= 15 is 0 Å². The van der Waals surface area contributed by atoms with E-state index in [0.29, 0.717) is 17.2 Å². The van der Waals surface area contributed by atoms with Crippen molar-refractivity contribution < 1.29 is 33.4 Å². The number of nitrogens with zero attached hydrogens (tertiary/aromatic N) is 2. The lowest BCUT2D eigenvalue weighted by atomic mass is 10.1. The van der Waals surface area contributed by atoms with Crippen LogP contribution in [0.3, 0.4) is 0 Å². The Morgan fingerprint density at radius 1 is 1.17 bits per heavy atom. The van der Waals surface area contributed by atoms with Crippen LogP contribution in [0.4, 0.5) is 0 Å². The first-order chi connectivity index (χ1) is 14.0. The number of nitrogens with one attached hydrogen (secondary N) is 1. The Bertz CT molecular complexity index is 830. The number of rotatable bonds is 8. The molecule has 0 bridgehead atoms. The number of carbonyl (C=O) groups excluding carboxylic acids is 3. The highest BCUT2D eigenvalue weighted by Gasteiger charge is 2.19. The molecule has 10 heteroatoms. The van der Waals surface area contributed by atoms with E-state index < -0.39 is 30.6 Å². The molecule has 0 spiro atoms. The fraction of sp³-hybridized carbons (Fsp3) is 0.500.